The van der Waals surface area contributed by atoms with Gasteiger partial charge in [-0.25, -0.2) is 4.57 Å². The van der Waals surface area contributed by atoms with Crippen molar-refractivity contribution in [1.29, 1.82) is 0 Å². The molecule has 13 heteroatoms. The molecule has 0 radical (unpaired) electrons. The molecule has 0 bridgehead atoms. The predicted molar refractivity (Wildman–Crippen MR) is 254 cm³/mol. The quantitative estimate of drug-likeness (QED) is 0.0199. The highest BCUT2D eigenvalue weighted by atomic mass is 31.2. The Balaban J connectivity index is 4.69. The zero-order valence-corrected chi connectivity index (χ0v) is 38.3. The topological polar surface area (TPSA) is 192 Å². The van der Waals surface area contributed by atoms with Crippen molar-refractivity contribution >= 4 is 25.7 Å². The molecule has 0 saturated carbocycles. The standard InChI is InChI=1S/C50H74NO11P/c1-3-5-7-9-11-12-13-14-15-16-17-18-19-20-21-25-28-32-36-40-48(53)59-42-46(43-60-63(57,58)61-44-47(51)50(55)56)62-49(54)41-37-33-29-26-23-22-24-27-31-35-39-45(52)38-34-30-10-8-6-4-2/h5-8,11-12,14-15,17-18,20-23,27-35,39,45-47,52H,3-4,9-10,13,16,19,24-26,36-38,40-44,51H2,1-2H3,(H,55,56)(H,57,58)/b7-5-,8-6-,12-11-,15-14-,18-17-,21-20-,23-22-,31-27-,32-28-,33-29-,34-30-,39-35+/t45?,46-,47+/m1/s1. The number of phosphoric ester groups is 1. The summed E-state index contributed by atoms with van der Waals surface area (Å²) in [5.74, 6) is -2.66. The number of aliphatic hydroxyl groups is 1. The largest absolute Gasteiger partial charge is 0.480 e. The van der Waals surface area contributed by atoms with Crippen LogP contribution in [0.5, 0.6) is 0 Å². The van der Waals surface area contributed by atoms with Crippen LogP contribution < -0.4 is 5.73 Å². The van der Waals surface area contributed by atoms with E-state index in [1.54, 1.807) is 6.08 Å². The van der Waals surface area contributed by atoms with Crippen molar-refractivity contribution in [3.8, 4) is 0 Å². The fourth-order valence-corrected chi connectivity index (χ4v) is 5.56. The summed E-state index contributed by atoms with van der Waals surface area (Å²) in [5, 5.41) is 18.9. The number of phosphoric acid groups is 1. The van der Waals surface area contributed by atoms with Crippen molar-refractivity contribution in [3.05, 3.63) is 146 Å². The average Bonchev–Trinajstić information content (AvgIpc) is 3.26. The number of allylic oxidation sites excluding steroid dienone is 22. The number of carboxylic acids is 1. The summed E-state index contributed by atoms with van der Waals surface area (Å²) in [7, 11) is -4.78. The first-order valence-electron chi connectivity index (χ1n) is 22.0. The van der Waals surface area contributed by atoms with Crippen molar-refractivity contribution in [1.82, 2.24) is 0 Å². The van der Waals surface area contributed by atoms with Gasteiger partial charge in [0.25, 0.3) is 0 Å². The van der Waals surface area contributed by atoms with Crippen LogP contribution in [0.1, 0.15) is 110 Å². The van der Waals surface area contributed by atoms with E-state index in [4.69, 9.17) is 24.8 Å². The number of nitrogens with two attached hydrogens (primary N) is 1. The van der Waals surface area contributed by atoms with E-state index in [1.807, 2.05) is 72.9 Å². The first-order chi connectivity index (χ1) is 30.5. The van der Waals surface area contributed by atoms with E-state index < -0.39 is 63.8 Å². The number of aliphatic hydroxyl groups excluding tert-OH is 1. The van der Waals surface area contributed by atoms with Gasteiger partial charge in [0.05, 0.1) is 19.3 Å². The summed E-state index contributed by atoms with van der Waals surface area (Å²) in [6, 6.07) is -1.56. The van der Waals surface area contributed by atoms with E-state index in [1.165, 1.54) is 0 Å². The monoisotopic (exact) mass is 895 g/mol. The molecular formula is C50H74NO11P. The van der Waals surface area contributed by atoms with Crippen molar-refractivity contribution in [2.45, 2.75) is 128 Å². The number of hydrogen-bond donors (Lipinski definition) is 4. The molecular weight excluding hydrogens is 822 g/mol. The average molecular weight is 896 g/mol. The van der Waals surface area contributed by atoms with Crippen LogP contribution in [0.2, 0.25) is 0 Å². The summed E-state index contributed by atoms with van der Waals surface area (Å²) in [6.07, 6.45) is 56.8. The molecule has 4 atom stereocenters. The van der Waals surface area contributed by atoms with Gasteiger partial charge in [0.15, 0.2) is 6.10 Å². The van der Waals surface area contributed by atoms with Gasteiger partial charge in [-0.1, -0.05) is 160 Å². The molecule has 0 aliphatic rings. The normalized spacial score (nSPS) is 15.5. The third-order valence-electron chi connectivity index (χ3n) is 8.19. The minimum atomic E-state index is -4.78. The molecule has 12 nitrogen and oxygen atoms in total. The summed E-state index contributed by atoms with van der Waals surface area (Å²) < 4.78 is 32.5. The number of rotatable bonds is 38. The Hall–Kier alpha value is -4.68. The molecule has 0 amide bonds. The van der Waals surface area contributed by atoms with Crippen LogP contribution in [-0.4, -0.2) is 71.1 Å². The van der Waals surface area contributed by atoms with Crippen LogP contribution in [0, 0.1) is 0 Å². The van der Waals surface area contributed by atoms with Crippen LogP contribution >= 0.6 is 7.82 Å². The number of carboxylic acid groups (broad SMARTS) is 1. The van der Waals surface area contributed by atoms with Gasteiger partial charge < -0.3 is 30.3 Å². The minimum Gasteiger partial charge on any atom is -0.480 e. The van der Waals surface area contributed by atoms with Gasteiger partial charge in [-0.15, -0.1) is 0 Å². The number of carbonyl (C=O) groups excluding carboxylic acids is 2. The van der Waals surface area contributed by atoms with Gasteiger partial charge in [-0.05, 0) is 83.5 Å². The van der Waals surface area contributed by atoms with Crippen LogP contribution in [0.25, 0.3) is 0 Å². The smallest absolute Gasteiger partial charge is 0.472 e. The zero-order valence-electron chi connectivity index (χ0n) is 37.4. The summed E-state index contributed by atoms with van der Waals surface area (Å²) >= 11 is 0. The lowest BCUT2D eigenvalue weighted by molar-refractivity contribution is -0.161. The molecule has 0 saturated heterocycles. The van der Waals surface area contributed by atoms with Crippen LogP contribution in [0.15, 0.2) is 146 Å². The number of aliphatic carboxylic acids is 1. The van der Waals surface area contributed by atoms with Crippen LogP contribution in [0.4, 0.5) is 0 Å². The lowest BCUT2D eigenvalue weighted by Gasteiger charge is -2.20. The lowest BCUT2D eigenvalue weighted by atomic mass is 10.2. The number of carbonyl (C=O) groups is 3. The molecule has 63 heavy (non-hydrogen) atoms. The van der Waals surface area contributed by atoms with E-state index in [-0.39, 0.29) is 12.8 Å². The molecule has 0 aliphatic carbocycles. The highest BCUT2D eigenvalue weighted by Crippen LogP contribution is 2.43. The predicted octanol–water partition coefficient (Wildman–Crippen LogP) is 10.9. The van der Waals surface area contributed by atoms with Crippen molar-refractivity contribution in [2.24, 2.45) is 5.73 Å². The molecule has 0 rings (SSSR count). The second-order valence-electron chi connectivity index (χ2n) is 13.9. The van der Waals surface area contributed by atoms with Crippen LogP contribution in [-0.2, 0) is 37.5 Å². The van der Waals surface area contributed by atoms with E-state index in [9.17, 15) is 28.9 Å². The van der Waals surface area contributed by atoms with Crippen molar-refractivity contribution < 1.29 is 52.6 Å². The molecule has 2 unspecified atom stereocenters. The summed E-state index contributed by atoms with van der Waals surface area (Å²) in [6.45, 7) is 2.31. The Morgan fingerprint density at radius 3 is 1.44 bits per heavy atom. The molecule has 0 aromatic carbocycles. The lowest BCUT2D eigenvalue weighted by Crippen LogP contribution is -2.34. The molecule has 0 heterocycles. The first kappa shape index (κ1) is 58.3. The van der Waals surface area contributed by atoms with Gasteiger partial charge in [0.1, 0.15) is 12.6 Å². The first-order valence-corrected chi connectivity index (χ1v) is 23.5. The van der Waals surface area contributed by atoms with Gasteiger partial charge in [-0.2, -0.15) is 0 Å². The Bertz CT molecular complexity index is 1630. The third-order valence-corrected chi connectivity index (χ3v) is 9.14. The maximum absolute atomic E-state index is 12.6. The van der Waals surface area contributed by atoms with E-state index in [0.717, 1.165) is 51.4 Å². The number of esters is 2. The van der Waals surface area contributed by atoms with Gasteiger partial charge in [-0.3, -0.25) is 23.4 Å². The maximum atomic E-state index is 12.6. The highest BCUT2D eigenvalue weighted by molar-refractivity contribution is 7.47. The van der Waals surface area contributed by atoms with Gasteiger partial charge >= 0.3 is 25.7 Å². The maximum Gasteiger partial charge on any atom is 0.472 e. The Kier molecular flexibility index (Phi) is 39.4. The van der Waals surface area contributed by atoms with E-state index in [2.05, 4.69) is 85.2 Å². The second-order valence-corrected chi connectivity index (χ2v) is 15.4. The summed E-state index contributed by atoms with van der Waals surface area (Å²) in [5.41, 5.74) is 5.32. The van der Waals surface area contributed by atoms with Crippen molar-refractivity contribution in [3.63, 3.8) is 0 Å². The Morgan fingerprint density at radius 1 is 0.556 bits per heavy atom. The Labute approximate surface area is 377 Å². The molecule has 0 aliphatic heterocycles. The zero-order chi connectivity index (χ0) is 46.5. The molecule has 0 fully saturated rings. The van der Waals surface area contributed by atoms with Crippen molar-refractivity contribution in [2.75, 3.05) is 19.8 Å². The molecule has 0 aromatic rings. The SMILES string of the molecule is CC/C=C\C/C=C\C/C=C\C/C=C\C/C=C\C/C=C\CCC(=O)OC[C@H](COP(=O)(O)OC[C@H](N)C(=O)O)OC(=O)CC/C=C\C/C=C\C/C=C\C=C\C(O)C/C=C\C/C=C\CC. The fourth-order valence-electron chi connectivity index (χ4n) is 4.79. The number of ether oxygens (including phenoxy) is 2. The molecule has 350 valence electrons. The molecule has 5 N–H and O–H groups in total. The van der Waals surface area contributed by atoms with E-state index >= 15 is 0 Å². The molecule has 0 spiro atoms. The summed E-state index contributed by atoms with van der Waals surface area (Å²) in [4.78, 5) is 45.9. The molecule has 0 aromatic heterocycles. The van der Waals surface area contributed by atoms with Crippen LogP contribution in [0.3, 0.4) is 0 Å². The van der Waals surface area contributed by atoms with Gasteiger partial charge in [0, 0.05) is 12.8 Å². The second kappa shape index (κ2) is 42.6. The van der Waals surface area contributed by atoms with Gasteiger partial charge in [0.2, 0.25) is 0 Å². The fraction of sp³-hybridized carbons (Fsp3) is 0.460. The third kappa shape index (κ3) is 42.4. The Morgan fingerprint density at radius 2 is 0.968 bits per heavy atom. The highest BCUT2D eigenvalue weighted by Gasteiger charge is 2.28. The van der Waals surface area contributed by atoms with E-state index in [0.29, 0.717) is 32.1 Å². The number of hydrogen-bond acceptors (Lipinski definition) is 10. The minimum absolute atomic E-state index is 0.0132.